The van der Waals surface area contributed by atoms with Crippen molar-refractivity contribution in [2.24, 2.45) is 10.8 Å². The molecule has 4 heterocycles. The number of allylic oxidation sites excluding steroid dienone is 2. The number of fused-ring (bicyclic) bond motifs is 5. The number of aryl methyl sites for hydroxylation is 1. The van der Waals surface area contributed by atoms with E-state index in [0.717, 1.165) is 36.9 Å². The Labute approximate surface area is 311 Å². The van der Waals surface area contributed by atoms with Gasteiger partial charge in [0.15, 0.2) is 5.78 Å². The number of carbonyl (C=O) groups excluding carboxylic acids is 1. The molecule has 257 valence electrons. The van der Waals surface area contributed by atoms with Crippen molar-refractivity contribution >= 4 is 80.1 Å². The molecule has 0 atom stereocenters. The normalized spacial score (nSPS) is 12.8. The number of ketones is 1. The number of nitrogens with zero attached hydrogens (tertiary/aromatic N) is 1. The fourth-order valence-electron chi connectivity index (χ4n) is 5.92. The predicted octanol–water partition coefficient (Wildman–Crippen LogP) is 13.6. The van der Waals surface area contributed by atoms with Crippen molar-refractivity contribution < 1.29 is 30.0 Å². The molecule has 0 fully saturated rings. The summed E-state index contributed by atoms with van der Waals surface area (Å²) in [5.74, 6) is 0.286. The van der Waals surface area contributed by atoms with Crippen LogP contribution in [0.2, 0.25) is 0 Å². The van der Waals surface area contributed by atoms with Crippen molar-refractivity contribution in [3.63, 3.8) is 0 Å². The van der Waals surface area contributed by atoms with Gasteiger partial charge >= 0.3 is 0 Å². The van der Waals surface area contributed by atoms with Gasteiger partial charge in [0.2, 0.25) is 0 Å². The van der Waals surface area contributed by atoms with Crippen LogP contribution in [-0.4, -0.2) is 15.9 Å². The molecule has 7 heteroatoms. The largest absolute Gasteiger partial charge is 0.512 e. The minimum absolute atomic E-state index is 0. The fraction of sp³-hybridized carbons (Fsp3) is 0.415. The summed E-state index contributed by atoms with van der Waals surface area (Å²) in [4.78, 5) is 17.0. The van der Waals surface area contributed by atoms with E-state index in [2.05, 4.69) is 74.9 Å². The fourth-order valence-corrected chi connectivity index (χ4v) is 9.18. The van der Waals surface area contributed by atoms with Gasteiger partial charge in [-0.2, -0.15) is 11.3 Å². The molecule has 3 nitrogen and oxygen atoms in total. The molecule has 0 aliphatic rings. The number of rotatable bonds is 8. The Morgan fingerprint density at radius 1 is 0.854 bits per heavy atom. The summed E-state index contributed by atoms with van der Waals surface area (Å²) in [6, 6.07) is 15.0. The monoisotopic (exact) mass is 875 g/mol. The van der Waals surface area contributed by atoms with E-state index < -0.39 is 0 Å². The third-order valence-corrected chi connectivity index (χ3v) is 13.6. The maximum atomic E-state index is 12.2. The molecular formula is C41H48IrNO2S3-. The van der Waals surface area contributed by atoms with E-state index >= 15 is 0 Å². The van der Waals surface area contributed by atoms with Crippen molar-refractivity contribution in [2.45, 2.75) is 100 Å². The van der Waals surface area contributed by atoms with E-state index in [-0.39, 0.29) is 47.9 Å². The molecule has 0 spiro atoms. The van der Waals surface area contributed by atoms with Gasteiger partial charge in [0.1, 0.15) is 5.76 Å². The van der Waals surface area contributed by atoms with E-state index in [1.807, 2.05) is 81.7 Å². The summed E-state index contributed by atoms with van der Waals surface area (Å²) in [5, 5.41) is 19.7. The molecule has 1 radical (unpaired) electrons. The van der Waals surface area contributed by atoms with E-state index in [1.165, 1.54) is 57.5 Å². The topological polar surface area (TPSA) is 50.2 Å². The number of benzene rings is 2. The van der Waals surface area contributed by atoms with Crippen LogP contribution >= 0.6 is 34.0 Å². The van der Waals surface area contributed by atoms with Crippen LogP contribution in [0.25, 0.3) is 51.6 Å². The molecule has 0 saturated carbocycles. The molecule has 0 amide bonds. The Hall–Kier alpha value is -2.41. The first-order valence-electron chi connectivity index (χ1n) is 16.8. The molecule has 1 N–H and O–H groups in total. The van der Waals surface area contributed by atoms with Crippen molar-refractivity contribution in [2.75, 3.05) is 0 Å². The van der Waals surface area contributed by atoms with Crippen LogP contribution in [0.1, 0.15) is 99.1 Å². The van der Waals surface area contributed by atoms with Crippen LogP contribution < -0.4 is 0 Å². The Morgan fingerprint density at radius 2 is 1.50 bits per heavy atom. The first kappa shape index (κ1) is 38.4. The average Bonchev–Trinajstić information content (AvgIpc) is 3.78. The second kappa shape index (κ2) is 14.8. The molecular weight excluding hydrogens is 827 g/mol. The van der Waals surface area contributed by atoms with Crippen LogP contribution in [0.15, 0.2) is 59.1 Å². The molecule has 0 unspecified atom stereocenters. The molecule has 6 aromatic rings. The average molecular weight is 875 g/mol. The van der Waals surface area contributed by atoms with E-state index in [1.54, 1.807) is 0 Å². The second-order valence-electron chi connectivity index (χ2n) is 14.3. The number of pyridine rings is 1. The summed E-state index contributed by atoms with van der Waals surface area (Å²) < 4.78 is 5.29. The number of aliphatic hydroxyl groups excluding tert-OH is 1. The van der Waals surface area contributed by atoms with Gasteiger partial charge in [-0.3, -0.25) is 9.78 Å². The van der Waals surface area contributed by atoms with Crippen LogP contribution in [0, 0.1) is 23.8 Å². The van der Waals surface area contributed by atoms with Gasteiger partial charge in [0.25, 0.3) is 0 Å². The summed E-state index contributed by atoms with van der Waals surface area (Å²) >= 11 is 5.50. The number of aromatic nitrogens is 1. The van der Waals surface area contributed by atoms with Gasteiger partial charge in [-0.15, -0.1) is 46.3 Å². The smallest absolute Gasteiger partial charge is 0.164 e. The molecule has 0 aliphatic heterocycles. The van der Waals surface area contributed by atoms with Crippen molar-refractivity contribution in [1.29, 1.82) is 0 Å². The van der Waals surface area contributed by atoms with Gasteiger partial charge in [-0.05, 0) is 88.0 Å². The number of hydrogen-bond donors (Lipinski definition) is 1. The molecule has 0 bridgehead atoms. The predicted molar refractivity (Wildman–Crippen MR) is 209 cm³/mol. The van der Waals surface area contributed by atoms with E-state index in [0.29, 0.717) is 0 Å². The Balaban J connectivity index is 0.000000251. The molecule has 2 aromatic carbocycles. The number of thiophene rings is 3. The zero-order valence-corrected chi connectivity index (χ0v) is 34.7. The van der Waals surface area contributed by atoms with E-state index in [4.69, 9.17) is 4.98 Å². The molecule has 0 saturated heterocycles. The Morgan fingerprint density at radius 3 is 2.12 bits per heavy atom. The zero-order valence-electron chi connectivity index (χ0n) is 29.9. The van der Waals surface area contributed by atoms with Crippen molar-refractivity contribution in [3.05, 3.63) is 76.3 Å². The summed E-state index contributed by atoms with van der Waals surface area (Å²) in [5.41, 5.74) is 4.35. The third kappa shape index (κ3) is 7.23. The quantitative estimate of drug-likeness (QED) is 0.0941. The first-order valence-corrected chi connectivity index (χ1v) is 19.4. The maximum Gasteiger partial charge on any atom is 0.164 e. The van der Waals surface area contributed by atoms with Crippen LogP contribution in [0.5, 0.6) is 0 Å². The van der Waals surface area contributed by atoms with E-state index in [9.17, 15) is 9.90 Å². The summed E-state index contributed by atoms with van der Waals surface area (Å²) in [6.45, 7) is 21.1. The standard InChI is InChI=1S/C26H20NS3.C15H28O2.Ir/c1-14-13-29-21-12-19-17-5-7-27-23(25(17)30-22(19)11-18(14)21)16-9-15-6-8-28-24(15)20(10-16)26(2,3)4;1-7-14(5,8-2)12(16)11-13(17)15(6,9-3)10-4;/h5-8,10-13H,1-4H3;11,16H,7-10H2,1-6H3;/q-1;;/b;12-11-;. The molecule has 48 heavy (non-hydrogen) atoms. The van der Waals surface area contributed by atoms with Crippen molar-refractivity contribution in [1.82, 2.24) is 4.98 Å². The Kier molecular flexibility index (Phi) is 11.9. The molecule has 6 rings (SSSR count). The number of carbonyl (C=O) groups is 1. The minimum atomic E-state index is -0.337. The van der Waals surface area contributed by atoms with Crippen LogP contribution in [0.3, 0.4) is 0 Å². The van der Waals surface area contributed by atoms with Gasteiger partial charge in [-0.1, -0.05) is 73.4 Å². The van der Waals surface area contributed by atoms with Gasteiger partial charge in [0, 0.05) is 68.4 Å². The maximum absolute atomic E-state index is 12.2. The SMILES string of the molecule is CCC(C)(CC)C(=O)/C=C(\O)C(C)(CC)CC.Cc1csc2cc3c(cc12)sc1c(-c2[c-]c4ccsc4c(C(C)(C)C)c2)nccc13.[Ir]. The van der Waals surface area contributed by atoms with Gasteiger partial charge in [-0.25, -0.2) is 0 Å². The van der Waals surface area contributed by atoms with Crippen LogP contribution in [-0.2, 0) is 30.3 Å². The van der Waals surface area contributed by atoms with Crippen LogP contribution in [0.4, 0.5) is 0 Å². The third-order valence-electron chi connectivity index (χ3n) is 10.4. The zero-order chi connectivity index (χ0) is 34.3. The Bertz CT molecular complexity index is 2100. The van der Waals surface area contributed by atoms with Crippen molar-refractivity contribution in [3.8, 4) is 11.3 Å². The second-order valence-corrected chi connectivity index (χ2v) is 17.2. The van der Waals surface area contributed by atoms with Gasteiger partial charge in [0.05, 0.1) is 0 Å². The minimum Gasteiger partial charge on any atom is -0.512 e. The summed E-state index contributed by atoms with van der Waals surface area (Å²) in [7, 11) is 0. The summed E-state index contributed by atoms with van der Waals surface area (Å²) in [6.07, 6.45) is 6.71. The van der Waals surface area contributed by atoms with Gasteiger partial charge < -0.3 is 5.11 Å². The molecule has 0 aliphatic carbocycles. The first-order chi connectivity index (χ1) is 22.2. The molecule has 4 aromatic heterocycles. The number of hydrogen-bond acceptors (Lipinski definition) is 6. The number of aliphatic hydroxyl groups is 1.